The van der Waals surface area contributed by atoms with Crippen molar-refractivity contribution < 1.29 is 19.4 Å². The number of morpholine rings is 1. The summed E-state index contributed by atoms with van der Waals surface area (Å²) in [7, 11) is 0. The number of carbonyl (C=O) groups is 2. The number of aliphatic carboxylic acids is 1. The van der Waals surface area contributed by atoms with Crippen LogP contribution in [0.15, 0.2) is 0 Å². The Labute approximate surface area is 139 Å². The highest BCUT2D eigenvalue weighted by molar-refractivity contribution is 5.87. The van der Waals surface area contributed by atoms with Gasteiger partial charge in [0, 0.05) is 13.1 Å². The maximum absolute atomic E-state index is 12.7. The smallest absolute Gasteiger partial charge is 0.326 e. The van der Waals surface area contributed by atoms with Crippen LogP contribution in [0.1, 0.15) is 48.0 Å². The van der Waals surface area contributed by atoms with E-state index in [0.717, 1.165) is 0 Å². The zero-order chi connectivity index (χ0) is 17.7. The van der Waals surface area contributed by atoms with Crippen LogP contribution in [0.4, 0.5) is 0 Å². The number of nitrogens with one attached hydrogen (secondary N) is 1. The van der Waals surface area contributed by atoms with E-state index in [1.165, 1.54) is 0 Å². The standard InChI is InChI=1S/C17H32N2O4/c1-10(2)7-14(17(21)22)18-16(20)15(11(3)4)19-8-12(5)23-13(6)9-19/h10-15H,7-9H2,1-6H3,(H,18,20)(H,21,22)/t12-,13-,14-,15+/m1/s1. The summed E-state index contributed by atoms with van der Waals surface area (Å²) in [5, 5.41) is 12.1. The molecule has 0 aromatic rings. The van der Waals surface area contributed by atoms with E-state index in [0.29, 0.717) is 19.5 Å². The molecular weight excluding hydrogens is 296 g/mol. The minimum Gasteiger partial charge on any atom is -0.480 e. The minimum absolute atomic E-state index is 0.0683. The van der Waals surface area contributed by atoms with E-state index in [-0.39, 0.29) is 36.0 Å². The van der Waals surface area contributed by atoms with Crippen LogP contribution in [0.5, 0.6) is 0 Å². The number of ether oxygens (including phenoxy) is 1. The maximum atomic E-state index is 12.7. The molecule has 134 valence electrons. The third kappa shape index (κ3) is 6.11. The van der Waals surface area contributed by atoms with Crippen LogP contribution in [-0.4, -0.2) is 59.3 Å². The lowest BCUT2D eigenvalue weighted by Gasteiger charge is -2.41. The molecule has 1 heterocycles. The second-order valence-electron chi connectivity index (χ2n) is 7.43. The fraction of sp³-hybridized carbons (Fsp3) is 0.882. The summed E-state index contributed by atoms with van der Waals surface area (Å²) in [4.78, 5) is 26.2. The molecule has 2 N–H and O–H groups in total. The van der Waals surface area contributed by atoms with Gasteiger partial charge in [0.15, 0.2) is 0 Å². The predicted octanol–water partition coefficient (Wildman–Crippen LogP) is 1.74. The van der Waals surface area contributed by atoms with Crippen molar-refractivity contribution in [2.24, 2.45) is 11.8 Å². The van der Waals surface area contributed by atoms with Crippen molar-refractivity contribution in [1.29, 1.82) is 0 Å². The second-order valence-corrected chi connectivity index (χ2v) is 7.43. The molecule has 23 heavy (non-hydrogen) atoms. The van der Waals surface area contributed by atoms with E-state index in [2.05, 4.69) is 10.2 Å². The largest absolute Gasteiger partial charge is 0.480 e. The third-order valence-corrected chi connectivity index (χ3v) is 4.06. The summed E-state index contributed by atoms with van der Waals surface area (Å²) < 4.78 is 5.73. The van der Waals surface area contributed by atoms with Gasteiger partial charge in [-0.1, -0.05) is 27.7 Å². The molecule has 0 spiro atoms. The fourth-order valence-electron chi connectivity index (χ4n) is 3.28. The van der Waals surface area contributed by atoms with Gasteiger partial charge in [0.1, 0.15) is 6.04 Å². The van der Waals surface area contributed by atoms with Crippen LogP contribution in [0.25, 0.3) is 0 Å². The first-order chi connectivity index (χ1) is 10.6. The summed E-state index contributed by atoms with van der Waals surface area (Å²) in [6.07, 6.45) is 0.569. The topological polar surface area (TPSA) is 78.9 Å². The maximum Gasteiger partial charge on any atom is 0.326 e. The van der Waals surface area contributed by atoms with Gasteiger partial charge in [-0.25, -0.2) is 4.79 Å². The fourth-order valence-corrected chi connectivity index (χ4v) is 3.28. The number of amides is 1. The van der Waals surface area contributed by atoms with Gasteiger partial charge in [-0.15, -0.1) is 0 Å². The van der Waals surface area contributed by atoms with Crippen molar-refractivity contribution in [2.75, 3.05) is 13.1 Å². The van der Waals surface area contributed by atoms with Crippen LogP contribution in [0.2, 0.25) is 0 Å². The molecule has 1 fully saturated rings. The molecule has 1 aliphatic rings. The van der Waals surface area contributed by atoms with Crippen LogP contribution >= 0.6 is 0 Å². The Balaban J connectivity index is 2.83. The zero-order valence-electron chi connectivity index (χ0n) is 15.2. The van der Waals surface area contributed by atoms with E-state index in [1.54, 1.807) is 0 Å². The Bertz CT molecular complexity index is 401. The van der Waals surface area contributed by atoms with E-state index in [4.69, 9.17) is 4.74 Å². The number of nitrogens with zero attached hydrogens (tertiary/aromatic N) is 1. The molecular formula is C17H32N2O4. The van der Waals surface area contributed by atoms with Gasteiger partial charge in [0.25, 0.3) is 0 Å². The average molecular weight is 328 g/mol. The quantitative estimate of drug-likeness (QED) is 0.744. The summed E-state index contributed by atoms with van der Waals surface area (Å²) in [6, 6.07) is -1.17. The third-order valence-electron chi connectivity index (χ3n) is 4.06. The molecule has 6 heteroatoms. The lowest BCUT2D eigenvalue weighted by molar-refractivity contribution is -0.145. The molecule has 4 atom stereocenters. The predicted molar refractivity (Wildman–Crippen MR) is 89.2 cm³/mol. The lowest BCUT2D eigenvalue weighted by atomic mass is 9.98. The molecule has 0 aliphatic carbocycles. The van der Waals surface area contributed by atoms with Gasteiger partial charge < -0.3 is 15.2 Å². The van der Waals surface area contributed by atoms with E-state index >= 15 is 0 Å². The van der Waals surface area contributed by atoms with Crippen molar-refractivity contribution >= 4 is 11.9 Å². The Hall–Kier alpha value is -1.14. The molecule has 0 aromatic heterocycles. The monoisotopic (exact) mass is 328 g/mol. The highest BCUT2D eigenvalue weighted by Gasteiger charge is 2.35. The lowest BCUT2D eigenvalue weighted by Crippen LogP contribution is -2.58. The second kappa shape index (κ2) is 8.64. The highest BCUT2D eigenvalue weighted by Crippen LogP contribution is 2.19. The molecule has 1 rings (SSSR count). The van der Waals surface area contributed by atoms with Gasteiger partial charge in [0.2, 0.25) is 5.91 Å². The number of hydrogen-bond donors (Lipinski definition) is 2. The van der Waals surface area contributed by atoms with Crippen LogP contribution in [0.3, 0.4) is 0 Å². The van der Waals surface area contributed by atoms with Crippen LogP contribution in [-0.2, 0) is 14.3 Å². The van der Waals surface area contributed by atoms with E-state index < -0.39 is 12.0 Å². The van der Waals surface area contributed by atoms with Crippen molar-refractivity contribution in [3.8, 4) is 0 Å². The number of hydrogen-bond acceptors (Lipinski definition) is 4. The Morgan fingerprint density at radius 2 is 1.70 bits per heavy atom. The van der Waals surface area contributed by atoms with Gasteiger partial charge in [0.05, 0.1) is 18.2 Å². The zero-order valence-corrected chi connectivity index (χ0v) is 15.2. The summed E-state index contributed by atoms with van der Waals surface area (Å²) >= 11 is 0. The van der Waals surface area contributed by atoms with Gasteiger partial charge >= 0.3 is 5.97 Å². The van der Waals surface area contributed by atoms with E-state index in [9.17, 15) is 14.7 Å². The molecule has 0 unspecified atom stereocenters. The van der Waals surface area contributed by atoms with Crippen LogP contribution in [0, 0.1) is 11.8 Å². The van der Waals surface area contributed by atoms with Crippen molar-refractivity contribution in [2.45, 2.75) is 72.3 Å². The molecule has 0 bridgehead atoms. The highest BCUT2D eigenvalue weighted by atomic mass is 16.5. The van der Waals surface area contributed by atoms with Gasteiger partial charge in [-0.2, -0.15) is 0 Å². The van der Waals surface area contributed by atoms with Crippen LogP contribution < -0.4 is 5.32 Å². The molecule has 1 amide bonds. The first kappa shape index (κ1) is 19.9. The Morgan fingerprint density at radius 3 is 2.09 bits per heavy atom. The van der Waals surface area contributed by atoms with Gasteiger partial charge in [-0.05, 0) is 32.1 Å². The minimum atomic E-state index is -0.974. The number of carbonyl (C=O) groups excluding carboxylic acids is 1. The SMILES string of the molecule is CC(C)C[C@@H](NC(=O)[C@H](C(C)C)N1C[C@@H](C)O[C@H](C)C1)C(=O)O. The number of carboxylic acid groups (broad SMARTS) is 1. The van der Waals surface area contributed by atoms with Crippen molar-refractivity contribution in [1.82, 2.24) is 10.2 Å². The Morgan fingerprint density at radius 1 is 1.17 bits per heavy atom. The van der Waals surface area contributed by atoms with Crippen molar-refractivity contribution in [3.63, 3.8) is 0 Å². The first-order valence-electron chi connectivity index (χ1n) is 8.54. The molecule has 0 radical (unpaired) electrons. The number of carboxylic acids is 1. The molecule has 0 aromatic carbocycles. The Kier molecular flexibility index (Phi) is 7.48. The molecule has 0 saturated carbocycles. The molecule has 1 saturated heterocycles. The van der Waals surface area contributed by atoms with Gasteiger partial charge in [-0.3, -0.25) is 9.69 Å². The summed E-state index contributed by atoms with van der Waals surface area (Å²) in [5.41, 5.74) is 0. The van der Waals surface area contributed by atoms with Crippen molar-refractivity contribution in [3.05, 3.63) is 0 Å². The molecule has 1 aliphatic heterocycles. The average Bonchev–Trinajstić information content (AvgIpc) is 2.35. The summed E-state index contributed by atoms with van der Waals surface area (Å²) in [6.45, 7) is 13.2. The molecule has 6 nitrogen and oxygen atoms in total. The first-order valence-corrected chi connectivity index (χ1v) is 8.54. The van der Waals surface area contributed by atoms with E-state index in [1.807, 2.05) is 41.5 Å². The summed E-state index contributed by atoms with van der Waals surface area (Å²) in [5.74, 6) is -0.869. The number of rotatable bonds is 7. The normalized spacial score (nSPS) is 25.4.